The van der Waals surface area contributed by atoms with Gasteiger partial charge in [0.15, 0.2) is 0 Å². The molecule has 1 nitrogen and oxygen atoms in total. The maximum absolute atomic E-state index is 6.05. The maximum atomic E-state index is 6.05. The van der Waals surface area contributed by atoms with Crippen molar-refractivity contribution in [3.63, 3.8) is 0 Å². The summed E-state index contributed by atoms with van der Waals surface area (Å²) in [5, 5.41) is 0. The van der Waals surface area contributed by atoms with E-state index in [2.05, 4.69) is 26.0 Å². The van der Waals surface area contributed by atoms with Crippen molar-refractivity contribution in [2.45, 2.75) is 39.2 Å². The SMILES string of the molecule is CC1(C)C2COC3CCCC(=C32)C2C=CC21. The number of fused-ring (bicyclic) bond motifs is 2. The fourth-order valence-electron chi connectivity index (χ4n) is 4.49. The van der Waals surface area contributed by atoms with Crippen molar-refractivity contribution >= 4 is 0 Å². The first-order valence-corrected chi connectivity index (χ1v) is 6.72. The van der Waals surface area contributed by atoms with E-state index in [0.29, 0.717) is 17.4 Å². The molecule has 1 saturated heterocycles. The monoisotopic (exact) mass is 216 g/mol. The topological polar surface area (TPSA) is 9.23 Å². The summed E-state index contributed by atoms with van der Waals surface area (Å²) in [4.78, 5) is 0. The van der Waals surface area contributed by atoms with Crippen LogP contribution in [0.2, 0.25) is 0 Å². The molecule has 0 amide bonds. The second-order valence-corrected chi connectivity index (χ2v) is 6.51. The van der Waals surface area contributed by atoms with Crippen LogP contribution in [0.15, 0.2) is 23.3 Å². The van der Waals surface area contributed by atoms with E-state index < -0.39 is 0 Å². The predicted octanol–water partition coefficient (Wildman–Crippen LogP) is 3.32. The molecule has 1 fully saturated rings. The fraction of sp³-hybridized carbons (Fsp3) is 0.733. The Morgan fingerprint density at radius 1 is 1.31 bits per heavy atom. The Morgan fingerprint density at radius 3 is 2.94 bits per heavy atom. The molecule has 0 saturated carbocycles. The zero-order chi connectivity index (χ0) is 10.9. The van der Waals surface area contributed by atoms with Gasteiger partial charge in [-0.25, -0.2) is 0 Å². The van der Waals surface area contributed by atoms with Crippen LogP contribution in [0.5, 0.6) is 0 Å². The van der Waals surface area contributed by atoms with Crippen LogP contribution >= 0.6 is 0 Å². The van der Waals surface area contributed by atoms with Gasteiger partial charge >= 0.3 is 0 Å². The zero-order valence-electron chi connectivity index (χ0n) is 10.2. The van der Waals surface area contributed by atoms with Gasteiger partial charge in [-0.2, -0.15) is 0 Å². The molecule has 0 aromatic heterocycles. The van der Waals surface area contributed by atoms with Gasteiger partial charge in [-0.05, 0) is 36.2 Å². The highest BCUT2D eigenvalue weighted by molar-refractivity contribution is 5.41. The standard InChI is InChI=1S/C15H20O/c1-15(2)11-7-6-9(11)10-4-3-5-13-14(10)12(15)8-16-13/h6-7,9,11-13H,3-5,8H2,1-2H3. The lowest BCUT2D eigenvalue weighted by atomic mass is 9.51. The van der Waals surface area contributed by atoms with Crippen molar-refractivity contribution < 1.29 is 4.74 Å². The molecular weight excluding hydrogens is 196 g/mol. The summed E-state index contributed by atoms with van der Waals surface area (Å²) in [6, 6.07) is 0. The molecule has 0 bridgehead atoms. The van der Waals surface area contributed by atoms with Crippen LogP contribution in [0.25, 0.3) is 0 Å². The van der Waals surface area contributed by atoms with Crippen molar-refractivity contribution in [2.75, 3.05) is 6.61 Å². The molecule has 4 rings (SSSR count). The van der Waals surface area contributed by atoms with Gasteiger partial charge in [-0.15, -0.1) is 0 Å². The Hall–Kier alpha value is -0.560. The zero-order valence-corrected chi connectivity index (χ0v) is 10.2. The Bertz CT molecular complexity index is 402. The molecule has 1 aliphatic heterocycles. The van der Waals surface area contributed by atoms with E-state index >= 15 is 0 Å². The third kappa shape index (κ3) is 0.924. The molecule has 0 N–H and O–H groups in total. The van der Waals surface area contributed by atoms with Gasteiger partial charge in [-0.1, -0.05) is 31.6 Å². The van der Waals surface area contributed by atoms with E-state index in [9.17, 15) is 0 Å². The van der Waals surface area contributed by atoms with Crippen molar-refractivity contribution in [2.24, 2.45) is 23.2 Å². The molecule has 3 aliphatic carbocycles. The second kappa shape index (κ2) is 2.81. The third-order valence-corrected chi connectivity index (χ3v) is 5.54. The fourth-order valence-corrected chi connectivity index (χ4v) is 4.49. The Labute approximate surface area is 97.6 Å². The van der Waals surface area contributed by atoms with Crippen molar-refractivity contribution in [1.29, 1.82) is 0 Å². The summed E-state index contributed by atoms with van der Waals surface area (Å²) in [6.07, 6.45) is 9.32. The third-order valence-electron chi connectivity index (χ3n) is 5.54. The molecule has 4 aliphatic rings. The van der Waals surface area contributed by atoms with Crippen LogP contribution in [-0.4, -0.2) is 12.7 Å². The van der Waals surface area contributed by atoms with E-state index in [1.54, 1.807) is 11.1 Å². The largest absolute Gasteiger partial charge is 0.373 e. The van der Waals surface area contributed by atoms with E-state index in [1.165, 1.54) is 19.3 Å². The first kappa shape index (κ1) is 9.47. The minimum Gasteiger partial charge on any atom is -0.373 e. The van der Waals surface area contributed by atoms with Crippen LogP contribution in [-0.2, 0) is 4.74 Å². The van der Waals surface area contributed by atoms with Gasteiger partial charge in [0.05, 0.1) is 12.7 Å². The Balaban J connectivity index is 1.90. The lowest BCUT2D eigenvalue weighted by molar-refractivity contribution is 0.0726. The molecule has 0 radical (unpaired) electrons. The van der Waals surface area contributed by atoms with Crippen LogP contribution < -0.4 is 0 Å². The van der Waals surface area contributed by atoms with Gasteiger partial charge in [0.2, 0.25) is 0 Å². The minimum atomic E-state index is 0.421. The molecule has 0 spiro atoms. The first-order valence-electron chi connectivity index (χ1n) is 6.72. The van der Waals surface area contributed by atoms with Gasteiger partial charge < -0.3 is 4.74 Å². The van der Waals surface area contributed by atoms with Gasteiger partial charge in [0.25, 0.3) is 0 Å². The predicted molar refractivity (Wildman–Crippen MR) is 64.0 cm³/mol. The maximum Gasteiger partial charge on any atom is 0.0792 e. The molecular formula is C15H20O. The van der Waals surface area contributed by atoms with E-state index in [0.717, 1.165) is 18.4 Å². The quantitative estimate of drug-likeness (QED) is 0.564. The average Bonchev–Trinajstić information content (AvgIpc) is 2.58. The summed E-state index contributed by atoms with van der Waals surface area (Å²) < 4.78 is 6.05. The summed E-state index contributed by atoms with van der Waals surface area (Å²) in [7, 11) is 0. The Kier molecular flexibility index (Phi) is 1.67. The molecule has 4 unspecified atom stereocenters. The van der Waals surface area contributed by atoms with Crippen molar-refractivity contribution in [3.05, 3.63) is 23.3 Å². The van der Waals surface area contributed by atoms with E-state index in [-0.39, 0.29) is 0 Å². The van der Waals surface area contributed by atoms with Crippen molar-refractivity contribution in [1.82, 2.24) is 0 Å². The minimum absolute atomic E-state index is 0.421. The molecule has 16 heavy (non-hydrogen) atoms. The number of allylic oxidation sites excluding steroid dienone is 3. The lowest BCUT2D eigenvalue weighted by Gasteiger charge is -2.52. The molecule has 1 heterocycles. The number of rotatable bonds is 0. The molecule has 0 aromatic carbocycles. The summed E-state index contributed by atoms with van der Waals surface area (Å²) >= 11 is 0. The highest BCUT2D eigenvalue weighted by Crippen LogP contribution is 2.60. The molecule has 1 heteroatoms. The van der Waals surface area contributed by atoms with Gasteiger partial charge in [0, 0.05) is 11.8 Å². The van der Waals surface area contributed by atoms with Crippen LogP contribution in [0.4, 0.5) is 0 Å². The van der Waals surface area contributed by atoms with Crippen LogP contribution in [0.3, 0.4) is 0 Å². The molecule has 86 valence electrons. The Morgan fingerprint density at radius 2 is 2.19 bits per heavy atom. The average molecular weight is 216 g/mol. The first-order chi connectivity index (χ1) is 7.69. The smallest absolute Gasteiger partial charge is 0.0792 e. The second-order valence-electron chi connectivity index (χ2n) is 6.51. The normalized spacial score (nSPS) is 47.4. The van der Waals surface area contributed by atoms with Gasteiger partial charge in [0.1, 0.15) is 0 Å². The molecule has 4 atom stereocenters. The van der Waals surface area contributed by atoms with Crippen molar-refractivity contribution in [3.8, 4) is 0 Å². The van der Waals surface area contributed by atoms with Gasteiger partial charge in [-0.3, -0.25) is 0 Å². The number of ether oxygens (including phenoxy) is 1. The number of hydrogen-bond acceptors (Lipinski definition) is 1. The lowest BCUT2D eigenvalue weighted by Crippen LogP contribution is -2.46. The van der Waals surface area contributed by atoms with E-state index in [1.807, 2.05) is 0 Å². The summed E-state index contributed by atoms with van der Waals surface area (Å²) in [5.41, 5.74) is 3.91. The van der Waals surface area contributed by atoms with E-state index in [4.69, 9.17) is 4.74 Å². The summed E-state index contributed by atoms with van der Waals surface area (Å²) in [5.74, 6) is 2.27. The van der Waals surface area contributed by atoms with Crippen LogP contribution in [0, 0.1) is 23.2 Å². The van der Waals surface area contributed by atoms with Crippen LogP contribution in [0.1, 0.15) is 33.1 Å². The number of hydrogen-bond donors (Lipinski definition) is 0. The highest BCUT2D eigenvalue weighted by Gasteiger charge is 2.54. The molecule has 0 aromatic rings. The summed E-state index contributed by atoms with van der Waals surface area (Å²) in [6.45, 7) is 5.87. The highest BCUT2D eigenvalue weighted by atomic mass is 16.5.